The molecule has 0 aliphatic rings. The van der Waals surface area contributed by atoms with Gasteiger partial charge in [0.15, 0.2) is 0 Å². The van der Waals surface area contributed by atoms with Crippen LogP contribution in [-0.4, -0.2) is 19.9 Å². The van der Waals surface area contributed by atoms with Crippen molar-refractivity contribution in [2.75, 3.05) is 6.61 Å². The maximum atomic E-state index is 11.8. The molecule has 1 aromatic rings. The third-order valence-electron chi connectivity index (χ3n) is 2.43. The van der Waals surface area contributed by atoms with Gasteiger partial charge in [0.1, 0.15) is 0 Å². The van der Waals surface area contributed by atoms with E-state index in [-0.39, 0.29) is 17.2 Å². The minimum atomic E-state index is -3.89. The lowest BCUT2D eigenvalue weighted by Gasteiger charge is -2.08. The number of nitro groups is 1. The molecule has 0 aliphatic heterocycles. The van der Waals surface area contributed by atoms with E-state index in [0.717, 1.165) is 6.07 Å². The van der Waals surface area contributed by atoms with Crippen LogP contribution in [0.4, 0.5) is 5.69 Å². The van der Waals surface area contributed by atoms with Crippen molar-refractivity contribution >= 4 is 15.7 Å². The summed E-state index contributed by atoms with van der Waals surface area (Å²) < 4.78 is 23.5. The molecule has 0 aromatic heterocycles. The number of rotatable bonds is 5. The summed E-state index contributed by atoms with van der Waals surface area (Å²) in [5.41, 5.74) is 0.739. The molecule has 1 N–H and O–H groups in total. The smallest absolute Gasteiger partial charge is 0.273 e. The molecule has 0 spiro atoms. The first kappa shape index (κ1) is 14.6. The van der Waals surface area contributed by atoms with Gasteiger partial charge in [0.05, 0.1) is 16.4 Å². The number of benzene rings is 1. The van der Waals surface area contributed by atoms with Crippen molar-refractivity contribution in [2.24, 2.45) is 0 Å². The van der Waals surface area contributed by atoms with Crippen LogP contribution in [0.25, 0.3) is 0 Å². The third kappa shape index (κ3) is 3.03. The number of nitro benzene ring substituents is 1. The third-order valence-corrected chi connectivity index (χ3v) is 3.63. The Hall–Kier alpha value is -1.51. The van der Waals surface area contributed by atoms with Gasteiger partial charge in [-0.2, -0.15) is 0 Å². The summed E-state index contributed by atoms with van der Waals surface area (Å²) in [5, 5.41) is 10.8. The van der Waals surface area contributed by atoms with E-state index >= 15 is 0 Å². The van der Waals surface area contributed by atoms with E-state index in [1.165, 1.54) is 6.07 Å². The van der Waals surface area contributed by atoms with Crippen molar-refractivity contribution in [3.05, 3.63) is 33.4 Å². The first-order valence-electron chi connectivity index (χ1n) is 5.18. The van der Waals surface area contributed by atoms with Crippen molar-refractivity contribution in [1.82, 2.24) is 4.89 Å². The van der Waals surface area contributed by atoms with Gasteiger partial charge in [-0.25, -0.2) is 8.42 Å². The number of hydrogen-bond donors (Lipinski definition) is 1. The highest BCUT2D eigenvalue weighted by Gasteiger charge is 2.21. The Bertz CT molecular complexity index is 568. The molecule has 8 heteroatoms. The van der Waals surface area contributed by atoms with Crippen LogP contribution in [0.1, 0.15) is 18.1 Å². The Balaban J connectivity index is 3.31. The molecular formula is C10H14N2O5S. The average molecular weight is 274 g/mol. The summed E-state index contributed by atoms with van der Waals surface area (Å²) in [6, 6.07) is 2.38. The Morgan fingerprint density at radius 2 is 2.00 bits per heavy atom. The lowest BCUT2D eigenvalue weighted by Crippen LogP contribution is -2.24. The summed E-state index contributed by atoms with van der Waals surface area (Å²) >= 11 is 0. The van der Waals surface area contributed by atoms with Gasteiger partial charge in [0, 0.05) is 11.6 Å². The highest BCUT2D eigenvalue weighted by atomic mass is 32.2. The van der Waals surface area contributed by atoms with Crippen LogP contribution in [0.5, 0.6) is 0 Å². The first-order chi connectivity index (χ1) is 8.29. The number of nitrogens with one attached hydrogen (secondary N) is 1. The second-order valence-corrected chi connectivity index (χ2v) is 5.31. The van der Waals surface area contributed by atoms with E-state index in [1.54, 1.807) is 20.8 Å². The van der Waals surface area contributed by atoms with Crippen LogP contribution in [0.3, 0.4) is 0 Å². The fraction of sp³-hybridized carbons (Fsp3) is 0.400. The molecule has 0 saturated carbocycles. The summed E-state index contributed by atoms with van der Waals surface area (Å²) in [4.78, 5) is 16.5. The van der Waals surface area contributed by atoms with Crippen LogP contribution in [0.2, 0.25) is 0 Å². The highest BCUT2D eigenvalue weighted by molar-refractivity contribution is 7.89. The predicted octanol–water partition coefficient (Wildman–Crippen LogP) is 1.44. The minimum Gasteiger partial charge on any atom is -0.287 e. The molecule has 100 valence electrons. The van der Waals surface area contributed by atoms with E-state index in [4.69, 9.17) is 0 Å². The van der Waals surface area contributed by atoms with Crippen molar-refractivity contribution in [1.29, 1.82) is 0 Å². The van der Waals surface area contributed by atoms with Crippen LogP contribution in [-0.2, 0) is 14.9 Å². The molecule has 0 fully saturated rings. The maximum absolute atomic E-state index is 11.8. The summed E-state index contributed by atoms with van der Waals surface area (Å²) in [6.07, 6.45) is 0. The van der Waals surface area contributed by atoms with E-state index in [1.807, 2.05) is 4.89 Å². The van der Waals surface area contributed by atoms with Crippen LogP contribution >= 0.6 is 0 Å². The zero-order valence-electron chi connectivity index (χ0n) is 10.3. The van der Waals surface area contributed by atoms with E-state index < -0.39 is 14.9 Å². The molecule has 18 heavy (non-hydrogen) atoms. The lowest BCUT2D eigenvalue weighted by molar-refractivity contribution is -0.385. The van der Waals surface area contributed by atoms with Crippen molar-refractivity contribution < 1.29 is 18.2 Å². The molecule has 0 bridgehead atoms. The second-order valence-electron chi connectivity index (χ2n) is 3.66. The molecule has 0 radical (unpaired) electrons. The average Bonchev–Trinajstić information content (AvgIpc) is 2.29. The SMILES string of the molecule is CCONS(=O)(=O)c1cc(C)c(C)c([N+](=O)[O-])c1. The van der Waals surface area contributed by atoms with Gasteiger partial charge in [-0.15, -0.1) is 0 Å². The van der Waals surface area contributed by atoms with Gasteiger partial charge in [0.25, 0.3) is 15.7 Å². The van der Waals surface area contributed by atoms with Crippen molar-refractivity contribution in [2.45, 2.75) is 25.7 Å². The maximum Gasteiger partial charge on any atom is 0.273 e. The molecule has 0 amide bonds. The van der Waals surface area contributed by atoms with Gasteiger partial charge >= 0.3 is 0 Å². The summed E-state index contributed by atoms with van der Waals surface area (Å²) in [5.74, 6) is 0. The second kappa shape index (κ2) is 5.42. The van der Waals surface area contributed by atoms with E-state index in [0.29, 0.717) is 11.1 Å². The molecule has 1 rings (SSSR count). The van der Waals surface area contributed by atoms with Crippen LogP contribution < -0.4 is 4.89 Å². The lowest BCUT2D eigenvalue weighted by atomic mass is 10.1. The Morgan fingerprint density at radius 1 is 1.39 bits per heavy atom. The van der Waals surface area contributed by atoms with Crippen LogP contribution in [0.15, 0.2) is 17.0 Å². The predicted molar refractivity (Wildman–Crippen MR) is 64.5 cm³/mol. The molecule has 0 aliphatic carbocycles. The molecule has 0 atom stereocenters. The Kier molecular flexibility index (Phi) is 4.38. The number of hydrogen-bond acceptors (Lipinski definition) is 5. The van der Waals surface area contributed by atoms with Gasteiger partial charge in [-0.3, -0.25) is 15.0 Å². The van der Waals surface area contributed by atoms with E-state index in [2.05, 4.69) is 4.84 Å². The number of nitrogens with zero attached hydrogens (tertiary/aromatic N) is 1. The summed E-state index contributed by atoms with van der Waals surface area (Å²) in [7, 11) is -3.89. The molecule has 0 unspecified atom stereocenters. The molecule has 7 nitrogen and oxygen atoms in total. The zero-order chi connectivity index (χ0) is 13.9. The fourth-order valence-corrected chi connectivity index (χ4v) is 2.31. The molecule has 1 aromatic carbocycles. The normalized spacial score (nSPS) is 11.5. The van der Waals surface area contributed by atoms with Gasteiger partial charge < -0.3 is 0 Å². The largest absolute Gasteiger partial charge is 0.287 e. The van der Waals surface area contributed by atoms with Crippen molar-refractivity contribution in [3.8, 4) is 0 Å². The Labute approximate surface area is 105 Å². The van der Waals surface area contributed by atoms with Gasteiger partial charge in [0.2, 0.25) is 0 Å². The standard InChI is InChI=1S/C10H14N2O5S/c1-4-17-11-18(15,16)9-5-7(2)8(3)10(6-9)12(13)14/h5-6,11H,4H2,1-3H3. The highest BCUT2D eigenvalue weighted by Crippen LogP contribution is 2.25. The number of sulfonamides is 1. The molecule has 0 heterocycles. The topological polar surface area (TPSA) is 98.5 Å². The molecular weight excluding hydrogens is 260 g/mol. The van der Waals surface area contributed by atoms with Gasteiger partial charge in [-0.05, 0) is 32.4 Å². The number of aryl methyl sites for hydroxylation is 1. The van der Waals surface area contributed by atoms with E-state index in [9.17, 15) is 18.5 Å². The monoisotopic (exact) mass is 274 g/mol. The summed E-state index contributed by atoms with van der Waals surface area (Å²) in [6.45, 7) is 4.96. The van der Waals surface area contributed by atoms with Crippen LogP contribution in [0, 0.1) is 24.0 Å². The van der Waals surface area contributed by atoms with Gasteiger partial charge in [-0.1, -0.05) is 4.89 Å². The quantitative estimate of drug-likeness (QED) is 0.647. The minimum absolute atomic E-state index is 0.159. The zero-order valence-corrected chi connectivity index (χ0v) is 11.1. The fourth-order valence-electron chi connectivity index (χ4n) is 1.34. The molecule has 0 saturated heterocycles. The van der Waals surface area contributed by atoms with Crippen molar-refractivity contribution in [3.63, 3.8) is 0 Å². The first-order valence-corrected chi connectivity index (χ1v) is 6.67. The Morgan fingerprint density at radius 3 is 2.50 bits per heavy atom.